The lowest BCUT2D eigenvalue weighted by atomic mass is 9.39. The first-order chi connectivity index (χ1) is 13.5. The number of rotatable bonds is 3. The fourth-order valence-electron chi connectivity index (χ4n) is 7.93. The number of aliphatic hydroxyl groups excluding tert-OH is 1. The number of aliphatic hydroxyl groups is 1. The van der Waals surface area contributed by atoms with E-state index in [0.717, 1.165) is 32.1 Å². The summed E-state index contributed by atoms with van der Waals surface area (Å²) in [6.07, 6.45) is 9.38. The summed E-state index contributed by atoms with van der Waals surface area (Å²) in [5.74, 6) is -0.0144. The van der Waals surface area contributed by atoms with Crippen LogP contribution in [0.5, 0.6) is 0 Å². The van der Waals surface area contributed by atoms with Crippen molar-refractivity contribution in [3.63, 3.8) is 0 Å². The zero-order chi connectivity index (χ0) is 21.2. The maximum Gasteiger partial charge on any atom is 0.302 e. The van der Waals surface area contributed by atoms with Gasteiger partial charge in [-0.2, -0.15) is 0 Å². The third kappa shape index (κ3) is 2.83. The summed E-state index contributed by atoms with van der Waals surface area (Å²) in [6.45, 7) is 10.1. The predicted molar refractivity (Wildman–Crippen MR) is 109 cm³/mol. The van der Waals surface area contributed by atoms with Gasteiger partial charge in [-0.15, -0.1) is 0 Å². The Morgan fingerprint density at radius 1 is 1.03 bits per heavy atom. The van der Waals surface area contributed by atoms with E-state index in [1.807, 2.05) is 0 Å². The molecule has 0 heterocycles. The first kappa shape index (κ1) is 20.9. The Bertz CT molecular complexity index is 746. The summed E-state index contributed by atoms with van der Waals surface area (Å²) in [7, 11) is 0. The van der Waals surface area contributed by atoms with Gasteiger partial charge in [0, 0.05) is 24.7 Å². The molecule has 5 nitrogen and oxygen atoms in total. The second-order valence-corrected chi connectivity index (χ2v) is 11.0. The molecule has 29 heavy (non-hydrogen) atoms. The smallest absolute Gasteiger partial charge is 0.302 e. The van der Waals surface area contributed by atoms with Crippen LogP contribution in [0.15, 0.2) is 12.2 Å². The van der Waals surface area contributed by atoms with Gasteiger partial charge in [0.15, 0.2) is 0 Å². The second-order valence-electron chi connectivity index (χ2n) is 11.0. The van der Waals surface area contributed by atoms with Crippen molar-refractivity contribution in [2.75, 3.05) is 6.61 Å². The molecule has 0 radical (unpaired) electrons. The van der Waals surface area contributed by atoms with Crippen LogP contribution in [0.2, 0.25) is 0 Å². The van der Waals surface area contributed by atoms with E-state index in [-0.39, 0.29) is 46.1 Å². The standard InChI is InChI=1S/C24H36O5/c1-15(25)28-14-22(4)8-6-9-23(5)17-7-10-21(3)11-12-24(17,20(21)27)19(13-18(22)23)29-16(2)26/h11-12,17-20,27H,6-10,13-14H2,1-5H3/t17-,18+,19-,20-,21+,22+,23-,24+/m0/s1. The van der Waals surface area contributed by atoms with Gasteiger partial charge in [-0.05, 0) is 49.4 Å². The highest BCUT2D eigenvalue weighted by Crippen LogP contribution is 2.72. The minimum absolute atomic E-state index is 0.0147. The molecule has 1 spiro atoms. The van der Waals surface area contributed by atoms with Crippen molar-refractivity contribution in [2.24, 2.45) is 33.5 Å². The molecule has 1 N–H and O–H groups in total. The predicted octanol–water partition coefficient (Wildman–Crippen LogP) is 4.03. The van der Waals surface area contributed by atoms with Crippen molar-refractivity contribution in [2.45, 2.75) is 85.4 Å². The van der Waals surface area contributed by atoms with Crippen LogP contribution >= 0.6 is 0 Å². The Morgan fingerprint density at radius 2 is 1.76 bits per heavy atom. The average molecular weight is 405 g/mol. The van der Waals surface area contributed by atoms with Crippen LogP contribution in [0.25, 0.3) is 0 Å². The number of fused-ring (bicyclic) bond motifs is 3. The summed E-state index contributed by atoms with van der Waals surface area (Å²) in [5, 5.41) is 11.5. The lowest BCUT2D eigenvalue weighted by Crippen LogP contribution is -2.67. The molecule has 0 aromatic rings. The first-order valence-electron chi connectivity index (χ1n) is 11.2. The van der Waals surface area contributed by atoms with Gasteiger partial charge in [0.05, 0.1) is 18.1 Å². The summed E-state index contributed by atoms with van der Waals surface area (Å²) >= 11 is 0. The molecule has 0 saturated heterocycles. The fourth-order valence-corrected chi connectivity index (χ4v) is 7.93. The van der Waals surface area contributed by atoms with Crippen LogP contribution in [0.1, 0.15) is 73.1 Å². The highest BCUT2D eigenvalue weighted by atomic mass is 16.5. The largest absolute Gasteiger partial charge is 0.465 e. The van der Waals surface area contributed by atoms with Crippen LogP contribution in [0.3, 0.4) is 0 Å². The molecule has 4 rings (SSSR count). The van der Waals surface area contributed by atoms with Crippen LogP contribution in [0.4, 0.5) is 0 Å². The number of carbonyl (C=O) groups is 2. The Balaban J connectivity index is 1.78. The number of hydrogen-bond donors (Lipinski definition) is 1. The van der Waals surface area contributed by atoms with Crippen LogP contribution in [-0.2, 0) is 19.1 Å². The number of hydrogen-bond acceptors (Lipinski definition) is 5. The summed E-state index contributed by atoms with van der Waals surface area (Å²) in [6, 6.07) is 0. The molecule has 4 aliphatic rings. The van der Waals surface area contributed by atoms with Gasteiger partial charge in [-0.25, -0.2) is 0 Å². The Kier molecular flexibility index (Phi) is 4.73. The fraction of sp³-hybridized carbons (Fsp3) is 0.833. The van der Waals surface area contributed by atoms with E-state index in [9.17, 15) is 14.7 Å². The van der Waals surface area contributed by atoms with Crippen LogP contribution in [0, 0.1) is 33.5 Å². The normalized spacial score (nSPS) is 50.4. The molecular weight excluding hydrogens is 368 g/mol. The molecule has 162 valence electrons. The minimum atomic E-state index is -0.530. The van der Waals surface area contributed by atoms with Crippen molar-refractivity contribution in [1.29, 1.82) is 0 Å². The maximum atomic E-state index is 12.1. The molecule has 0 aromatic heterocycles. The van der Waals surface area contributed by atoms with E-state index in [2.05, 4.69) is 32.9 Å². The summed E-state index contributed by atoms with van der Waals surface area (Å²) in [5.41, 5.74) is -0.884. The molecule has 0 amide bonds. The molecule has 2 bridgehead atoms. The molecule has 0 aromatic carbocycles. The Labute approximate surface area is 174 Å². The lowest BCUT2D eigenvalue weighted by Gasteiger charge is -2.67. The van der Waals surface area contributed by atoms with E-state index in [0.29, 0.717) is 13.0 Å². The quantitative estimate of drug-likeness (QED) is 0.568. The number of ether oxygens (including phenoxy) is 2. The zero-order valence-corrected chi connectivity index (χ0v) is 18.5. The molecule has 5 heteroatoms. The SMILES string of the molecule is CC(=O)OC[C@@]1(C)CCC[C@]2(C)[C@@H]1C[C@H](OC(C)=O)[C@@]13C=C[C@@](C)(CC[C@@H]21)[C@@H]3O. The minimum Gasteiger partial charge on any atom is -0.465 e. The topological polar surface area (TPSA) is 72.8 Å². The molecule has 0 unspecified atom stereocenters. The highest BCUT2D eigenvalue weighted by Gasteiger charge is 2.71. The van der Waals surface area contributed by atoms with E-state index < -0.39 is 11.5 Å². The highest BCUT2D eigenvalue weighted by molar-refractivity contribution is 5.66. The van der Waals surface area contributed by atoms with Gasteiger partial charge in [-0.1, -0.05) is 39.3 Å². The maximum absolute atomic E-state index is 12.1. The third-order valence-electron chi connectivity index (χ3n) is 9.24. The summed E-state index contributed by atoms with van der Waals surface area (Å²) in [4.78, 5) is 23.6. The molecule has 3 saturated carbocycles. The molecular formula is C24H36O5. The van der Waals surface area contributed by atoms with Crippen molar-refractivity contribution in [3.05, 3.63) is 12.2 Å². The van der Waals surface area contributed by atoms with E-state index in [1.54, 1.807) is 0 Å². The van der Waals surface area contributed by atoms with Gasteiger partial charge in [-0.3, -0.25) is 9.59 Å². The first-order valence-corrected chi connectivity index (χ1v) is 11.2. The Hall–Kier alpha value is -1.36. The van der Waals surface area contributed by atoms with Crippen LogP contribution in [-0.4, -0.2) is 35.9 Å². The zero-order valence-electron chi connectivity index (χ0n) is 18.5. The van der Waals surface area contributed by atoms with E-state index >= 15 is 0 Å². The molecule has 3 fully saturated rings. The summed E-state index contributed by atoms with van der Waals surface area (Å²) < 4.78 is 11.5. The lowest BCUT2D eigenvalue weighted by molar-refractivity contribution is -0.242. The van der Waals surface area contributed by atoms with Gasteiger partial charge in [0.1, 0.15) is 6.10 Å². The van der Waals surface area contributed by atoms with E-state index in [4.69, 9.17) is 9.47 Å². The van der Waals surface area contributed by atoms with Crippen molar-refractivity contribution in [1.82, 2.24) is 0 Å². The molecule has 8 atom stereocenters. The van der Waals surface area contributed by atoms with Crippen molar-refractivity contribution >= 4 is 11.9 Å². The Morgan fingerprint density at radius 3 is 2.41 bits per heavy atom. The monoisotopic (exact) mass is 404 g/mol. The molecule has 4 aliphatic carbocycles. The van der Waals surface area contributed by atoms with Crippen LogP contribution < -0.4 is 0 Å². The van der Waals surface area contributed by atoms with Gasteiger partial charge in [0.2, 0.25) is 0 Å². The van der Waals surface area contributed by atoms with E-state index in [1.165, 1.54) is 13.8 Å². The third-order valence-corrected chi connectivity index (χ3v) is 9.24. The average Bonchev–Trinajstić information content (AvgIpc) is 2.78. The van der Waals surface area contributed by atoms with Crippen molar-refractivity contribution < 1.29 is 24.2 Å². The number of carbonyl (C=O) groups excluding carboxylic acids is 2. The van der Waals surface area contributed by atoms with Gasteiger partial charge >= 0.3 is 11.9 Å². The van der Waals surface area contributed by atoms with Gasteiger partial charge < -0.3 is 14.6 Å². The number of esters is 2. The van der Waals surface area contributed by atoms with Crippen molar-refractivity contribution in [3.8, 4) is 0 Å². The molecule has 0 aliphatic heterocycles. The second kappa shape index (κ2) is 6.57. The van der Waals surface area contributed by atoms with Gasteiger partial charge in [0.25, 0.3) is 0 Å².